The van der Waals surface area contributed by atoms with Gasteiger partial charge in [0.25, 0.3) is 0 Å². The second-order valence-electron chi connectivity index (χ2n) is 5.21. The lowest BCUT2D eigenvalue weighted by atomic mass is 10.1. The van der Waals surface area contributed by atoms with Gasteiger partial charge in [0.1, 0.15) is 5.82 Å². The average molecular weight is 342 g/mol. The highest BCUT2D eigenvalue weighted by Crippen LogP contribution is 2.22. The third-order valence-electron chi connectivity index (χ3n) is 3.33. The molecule has 0 aliphatic heterocycles. The lowest BCUT2D eigenvalue weighted by Crippen LogP contribution is -2.28. The standard InChI is InChI=1S/C16H17ClFNO2S/c1-11-6-8-13(9-7-11)12(2)19-22(20,21)10-14-15(17)4-3-5-16(14)18/h3-9,12,19H,10H2,1-2H3. The molecule has 0 aromatic heterocycles. The van der Waals surface area contributed by atoms with E-state index in [1.54, 1.807) is 6.92 Å². The van der Waals surface area contributed by atoms with Crippen molar-refractivity contribution >= 4 is 21.6 Å². The second kappa shape index (κ2) is 6.77. The van der Waals surface area contributed by atoms with E-state index in [0.29, 0.717) is 0 Å². The third-order valence-corrected chi connectivity index (χ3v) is 5.07. The van der Waals surface area contributed by atoms with Crippen LogP contribution in [-0.2, 0) is 15.8 Å². The highest BCUT2D eigenvalue weighted by atomic mass is 35.5. The maximum absolute atomic E-state index is 13.7. The minimum Gasteiger partial charge on any atom is -0.212 e. The van der Waals surface area contributed by atoms with Gasteiger partial charge >= 0.3 is 0 Å². The molecule has 3 nitrogen and oxygen atoms in total. The molecule has 0 aliphatic carbocycles. The molecule has 0 saturated carbocycles. The van der Waals surface area contributed by atoms with Crippen molar-refractivity contribution in [1.29, 1.82) is 0 Å². The number of sulfonamides is 1. The summed E-state index contributed by atoms with van der Waals surface area (Å²) in [6, 6.07) is 11.2. The quantitative estimate of drug-likeness (QED) is 0.894. The molecule has 22 heavy (non-hydrogen) atoms. The van der Waals surface area contributed by atoms with E-state index in [-0.39, 0.29) is 10.6 Å². The molecule has 0 fully saturated rings. The Morgan fingerprint density at radius 2 is 1.82 bits per heavy atom. The van der Waals surface area contributed by atoms with Gasteiger partial charge < -0.3 is 0 Å². The number of hydrogen-bond donors (Lipinski definition) is 1. The minimum absolute atomic E-state index is 0.0206. The number of halogens is 2. The van der Waals surface area contributed by atoms with Gasteiger partial charge in [0.2, 0.25) is 10.0 Å². The molecule has 118 valence electrons. The van der Waals surface area contributed by atoms with E-state index in [1.165, 1.54) is 18.2 Å². The normalized spacial score (nSPS) is 13.1. The largest absolute Gasteiger partial charge is 0.216 e. The van der Waals surface area contributed by atoms with Crippen LogP contribution in [0.1, 0.15) is 29.7 Å². The van der Waals surface area contributed by atoms with Gasteiger partial charge in [-0.05, 0) is 31.5 Å². The van der Waals surface area contributed by atoms with Gasteiger partial charge in [0.05, 0.1) is 5.75 Å². The molecule has 1 atom stereocenters. The summed E-state index contributed by atoms with van der Waals surface area (Å²) in [7, 11) is -3.71. The van der Waals surface area contributed by atoms with Gasteiger partial charge in [-0.2, -0.15) is 0 Å². The topological polar surface area (TPSA) is 46.2 Å². The van der Waals surface area contributed by atoms with E-state index in [4.69, 9.17) is 11.6 Å². The molecule has 0 radical (unpaired) electrons. The van der Waals surface area contributed by atoms with Gasteiger partial charge in [-0.3, -0.25) is 0 Å². The van der Waals surface area contributed by atoms with E-state index < -0.39 is 27.6 Å². The Labute approximate surface area is 135 Å². The van der Waals surface area contributed by atoms with Crippen LogP contribution in [0, 0.1) is 12.7 Å². The van der Waals surface area contributed by atoms with Gasteiger partial charge in [-0.25, -0.2) is 17.5 Å². The van der Waals surface area contributed by atoms with Crippen molar-refractivity contribution in [3.05, 3.63) is 70.0 Å². The predicted molar refractivity (Wildman–Crippen MR) is 86.8 cm³/mol. The van der Waals surface area contributed by atoms with Crippen LogP contribution in [0.2, 0.25) is 5.02 Å². The summed E-state index contributed by atoms with van der Waals surface area (Å²) in [6.07, 6.45) is 0. The zero-order chi connectivity index (χ0) is 16.3. The molecule has 0 amide bonds. The second-order valence-corrected chi connectivity index (χ2v) is 7.37. The molecule has 0 heterocycles. The Kier molecular flexibility index (Phi) is 5.21. The Hall–Kier alpha value is -1.43. The van der Waals surface area contributed by atoms with E-state index >= 15 is 0 Å². The summed E-state index contributed by atoms with van der Waals surface area (Å²) in [6.45, 7) is 3.70. The van der Waals surface area contributed by atoms with Gasteiger partial charge in [-0.15, -0.1) is 0 Å². The Morgan fingerprint density at radius 3 is 2.41 bits per heavy atom. The molecule has 0 spiro atoms. The highest BCUT2D eigenvalue weighted by molar-refractivity contribution is 7.88. The summed E-state index contributed by atoms with van der Waals surface area (Å²) < 4.78 is 40.7. The first kappa shape index (κ1) is 16.9. The van der Waals surface area contributed by atoms with E-state index in [2.05, 4.69) is 4.72 Å². The van der Waals surface area contributed by atoms with Crippen molar-refractivity contribution in [1.82, 2.24) is 4.72 Å². The maximum atomic E-state index is 13.7. The third kappa shape index (κ3) is 4.29. The molecular formula is C16H17ClFNO2S. The van der Waals surface area contributed by atoms with Crippen LogP contribution in [0.15, 0.2) is 42.5 Å². The van der Waals surface area contributed by atoms with Crippen molar-refractivity contribution in [2.45, 2.75) is 25.6 Å². The van der Waals surface area contributed by atoms with Crippen molar-refractivity contribution in [3.63, 3.8) is 0 Å². The predicted octanol–water partition coefficient (Wildman–Crippen LogP) is 3.97. The molecule has 2 aromatic rings. The van der Waals surface area contributed by atoms with E-state index in [9.17, 15) is 12.8 Å². The van der Waals surface area contributed by atoms with Crippen LogP contribution in [-0.4, -0.2) is 8.42 Å². The van der Waals surface area contributed by atoms with Crippen molar-refractivity contribution in [3.8, 4) is 0 Å². The first-order chi connectivity index (χ1) is 10.3. The van der Waals surface area contributed by atoms with Crippen LogP contribution < -0.4 is 4.72 Å². The average Bonchev–Trinajstić information content (AvgIpc) is 2.43. The first-order valence-corrected chi connectivity index (χ1v) is 8.81. The molecular weight excluding hydrogens is 325 g/mol. The number of nitrogens with one attached hydrogen (secondary N) is 1. The Balaban J connectivity index is 2.16. The smallest absolute Gasteiger partial charge is 0.212 e. The summed E-state index contributed by atoms with van der Waals surface area (Å²) in [5.41, 5.74) is 1.92. The Morgan fingerprint density at radius 1 is 1.18 bits per heavy atom. The summed E-state index contributed by atoms with van der Waals surface area (Å²) in [5.74, 6) is -1.12. The molecule has 2 aromatic carbocycles. The molecule has 1 unspecified atom stereocenters. The van der Waals surface area contributed by atoms with Crippen LogP contribution in [0.5, 0.6) is 0 Å². The summed E-state index contributed by atoms with van der Waals surface area (Å²) in [4.78, 5) is 0. The maximum Gasteiger partial charge on any atom is 0.216 e. The van der Waals surface area contributed by atoms with Gasteiger partial charge in [0, 0.05) is 16.6 Å². The molecule has 2 rings (SSSR count). The van der Waals surface area contributed by atoms with Crippen LogP contribution >= 0.6 is 11.6 Å². The van der Waals surface area contributed by atoms with Gasteiger partial charge in [-0.1, -0.05) is 47.5 Å². The SMILES string of the molecule is Cc1ccc(C(C)NS(=O)(=O)Cc2c(F)cccc2Cl)cc1. The number of hydrogen-bond acceptors (Lipinski definition) is 2. The van der Waals surface area contributed by atoms with E-state index in [0.717, 1.165) is 11.1 Å². The first-order valence-electron chi connectivity index (χ1n) is 6.78. The fraction of sp³-hybridized carbons (Fsp3) is 0.250. The number of benzene rings is 2. The van der Waals surface area contributed by atoms with Crippen LogP contribution in [0.25, 0.3) is 0 Å². The number of aryl methyl sites for hydroxylation is 1. The fourth-order valence-electron chi connectivity index (χ4n) is 2.09. The van der Waals surface area contributed by atoms with Crippen molar-refractivity contribution in [2.24, 2.45) is 0 Å². The molecule has 0 bridgehead atoms. The fourth-order valence-corrected chi connectivity index (χ4v) is 3.83. The summed E-state index contributed by atoms with van der Waals surface area (Å²) in [5, 5.41) is 0.105. The molecule has 0 aliphatic rings. The monoisotopic (exact) mass is 341 g/mol. The zero-order valence-electron chi connectivity index (χ0n) is 12.3. The Bertz CT molecular complexity index is 740. The lowest BCUT2D eigenvalue weighted by Gasteiger charge is -2.15. The molecule has 0 saturated heterocycles. The lowest BCUT2D eigenvalue weighted by molar-refractivity contribution is 0.561. The summed E-state index contributed by atoms with van der Waals surface area (Å²) >= 11 is 5.87. The van der Waals surface area contributed by atoms with Crippen molar-refractivity contribution in [2.75, 3.05) is 0 Å². The van der Waals surface area contributed by atoms with Gasteiger partial charge in [0.15, 0.2) is 0 Å². The minimum atomic E-state index is -3.71. The number of rotatable bonds is 5. The van der Waals surface area contributed by atoms with Crippen LogP contribution in [0.4, 0.5) is 4.39 Å². The molecule has 1 N–H and O–H groups in total. The van der Waals surface area contributed by atoms with Crippen LogP contribution in [0.3, 0.4) is 0 Å². The van der Waals surface area contributed by atoms with Crippen molar-refractivity contribution < 1.29 is 12.8 Å². The zero-order valence-corrected chi connectivity index (χ0v) is 13.9. The highest BCUT2D eigenvalue weighted by Gasteiger charge is 2.20. The molecule has 6 heteroatoms. The van der Waals surface area contributed by atoms with E-state index in [1.807, 2.05) is 31.2 Å².